The van der Waals surface area contributed by atoms with Crippen LogP contribution in [0.15, 0.2) is 24.3 Å². The number of carbonyl (C=O) groups excluding carboxylic acids is 1. The lowest BCUT2D eigenvalue weighted by Crippen LogP contribution is -2.41. The number of aliphatic hydroxyl groups is 1. The summed E-state index contributed by atoms with van der Waals surface area (Å²) < 4.78 is 5.14. The Morgan fingerprint density at radius 3 is 2.58 bits per heavy atom. The van der Waals surface area contributed by atoms with Crippen LogP contribution in [0, 0.1) is 0 Å². The minimum absolute atomic E-state index is 0.0216. The summed E-state index contributed by atoms with van der Waals surface area (Å²) >= 11 is 0. The van der Waals surface area contributed by atoms with Gasteiger partial charge in [0, 0.05) is 18.2 Å². The molecule has 1 aromatic rings. The molecule has 0 radical (unpaired) electrons. The molecular weight excluding hydrogens is 242 g/mol. The van der Waals surface area contributed by atoms with E-state index in [1.807, 2.05) is 6.07 Å². The Morgan fingerprint density at radius 1 is 1.37 bits per heavy atom. The molecule has 0 unspecified atom stereocenters. The zero-order valence-electron chi connectivity index (χ0n) is 11.9. The molecule has 0 atom stereocenters. The molecule has 0 aliphatic heterocycles. The molecule has 0 bridgehead atoms. The van der Waals surface area contributed by atoms with Gasteiger partial charge in [-0.3, -0.25) is 4.79 Å². The summed E-state index contributed by atoms with van der Waals surface area (Å²) in [7, 11) is 1.58. The lowest BCUT2D eigenvalue weighted by molar-refractivity contribution is 0.0622. The first-order valence-electron chi connectivity index (χ1n) is 6.73. The molecule has 19 heavy (non-hydrogen) atoms. The molecule has 0 saturated carbocycles. The second kappa shape index (κ2) is 7.79. The molecule has 1 aromatic carbocycles. The third kappa shape index (κ3) is 3.96. The van der Waals surface area contributed by atoms with Crippen molar-refractivity contribution in [3.63, 3.8) is 0 Å². The highest BCUT2D eigenvalue weighted by molar-refractivity contribution is 5.94. The van der Waals surface area contributed by atoms with Gasteiger partial charge < -0.3 is 14.7 Å². The number of rotatable bonds is 7. The normalized spacial score (nSPS) is 10.6. The Balaban J connectivity index is 2.97. The Kier molecular flexibility index (Phi) is 6.36. The van der Waals surface area contributed by atoms with Crippen molar-refractivity contribution in [3.8, 4) is 5.75 Å². The molecule has 0 aromatic heterocycles. The molecule has 0 fully saturated rings. The number of hydrogen-bond donors (Lipinski definition) is 1. The molecule has 0 aliphatic carbocycles. The topological polar surface area (TPSA) is 49.8 Å². The minimum Gasteiger partial charge on any atom is -0.497 e. The summed E-state index contributed by atoms with van der Waals surface area (Å²) in [5.74, 6) is 0.612. The zero-order valence-corrected chi connectivity index (χ0v) is 11.9. The summed E-state index contributed by atoms with van der Waals surface area (Å²) in [5, 5.41) is 9.15. The van der Waals surface area contributed by atoms with Crippen molar-refractivity contribution in [1.29, 1.82) is 0 Å². The van der Waals surface area contributed by atoms with E-state index < -0.39 is 0 Å². The van der Waals surface area contributed by atoms with Gasteiger partial charge >= 0.3 is 0 Å². The van der Waals surface area contributed by atoms with E-state index in [1.165, 1.54) is 0 Å². The van der Waals surface area contributed by atoms with Crippen molar-refractivity contribution in [3.05, 3.63) is 29.8 Å². The maximum absolute atomic E-state index is 12.5. The first kappa shape index (κ1) is 15.5. The summed E-state index contributed by atoms with van der Waals surface area (Å²) in [6, 6.07) is 7.28. The molecule has 1 rings (SSSR count). The minimum atomic E-state index is -0.0540. The van der Waals surface area contributed by atoms with Gasteiger partial charge in [-0.1, -0.05) is 19.9 Å². The van der Waals surface area contributed by atoms with Gasteiger partial charge in [0.1, 0.15) is 5.75 Å². The average molecular weight is 265 g/mol. The highest BCUT2D eigenvalue weighted by Gasteiger charge is 2.22. The first-order chi connectivity index (χ1) is 9.17. The number of methoxy groups -OCH3 is 1. The summed E-state index contributed by atoms with van der Waals surface area (Å²) in [6.45, 7) is 4.45. The Hall–Kier alpha value is -1.55. The van der Waals surface area contributed by atoms with Crippen molar-refractivity contribution >= 4 is 5.91 Å². The molecule has 0 saturated heterocycles. The number of ether oxygens (including phenoxy) is 1. The van der Waals surface area contributed by atoms with Gasteiger partial charge in [-0.2, -0.15) is 0 Å². The van der Waals surface area contributed by atoms with E-state index in [4.69, 9.17) is 9.84 Å². The maximum atomic E-state index is 12.5. The van der Waals surface area contributed by atoms with Crippen LogP contribution in [0.3, 0.4) is 0 Å². The molecule has 4 heteroatoms. The fourth-order valence-corrected chi connectivity index (χ4v) is 2.21. The van der Waals surface area contributed by atoms with E-state index in [-0.39, 0.29) is 18.6 Å². The van der Waals surface area contributed by atoms with Gasteiger partial charge in [0.15, 0.2) is 0 Å². The van der Waals surface area contributed by atoms with E-state index in [1.54, 1.807) is 30.2 Å². The number of carbonyl (C=O) groups is 1. The first-order valence-corrected chi connectivity index (χ1v) is 6.73. The summed E-state index contributed by atoms with van der Waals surface area (Å²) in [6.07, 6.45) is 1.76. The average Bonchev–Trinajstić information content (AvgIpc) is 2.47. The Morgan fingerprint density at radius 2 is 2.05 bits per heavy atom. The fourth-order valence-electron chi connectivity index (χ4n) is 2.21. The van der Waals surface area contributed by atoms with Crippen LogP contribution in [0.4, 0.5) is 0 Å². The van der Waals surface area contributed by atoms with E-state index in [0.717, 1.165) is 12.8 Å². The van der Waals surface area contributed by atoms with Crippen LogP contribution in [-0.2, 0) is 0 Å². The number of nitrogens with zero attached hydrogens (tertiary/aromatic N) is 1. The lowest BCUT2D eigenvalue weighted by atomic mass is 10.1. The monoisotopic (exact) mass is 265 g/mol. The molecular formula is C15H23NO3. The second-order valence-electron chi connectivity index (χ2n) is 4.42. The molecule has 0 heterocycles. The SMILES string of the molecule is CCC(CC)N(CCO)C(=O)c1cccc(OC)c1. The van der Waals surface area contributed by atoms with Crippen LogP contribution >= 0.6 is 0 Å². The van der Waals surface area contributed by atoms with Gasteiger partial charge in [0.2, 0.25) is 0 Å². The number of benzene rings is 1. The maximum Gasteiger partial charge on any atom is 0.254 e. The molecule has 106 valence electrons. The fraction of sp³-hybridized carbons (Fsp3) is 0.533. The van der Waals surface area contributed by atoms with Gasteiger partial charge in [0.25, 0.3) is 5.91 Å². The molecule has 0 spiro atoms. The van der Waals surface area contributed by atoms with Crippen molar-refractivity contribution < 1.29 is 14.6 Å². The van der Waals surface area contributed by atoms with Gasteiger partial charge in [-0.05, 0) is 31.0 Å². The highest BCUT2D eigenvalue weighted by Crippen LogP contribution is 2.17. The summed E-state index contributed by atoms with van der Waals surface area (Å²) in [4.78, 5) is 14.3. The van der Waals surface area contributed by atoms with E-state index in [9.17, 15) is 4.79 Å². The largest absolute Gasteiger partial charge is 0.497 e. The molecule has 1 N–H and O–H groups in total. The standard InChI is InChI=1S/C15H23NO3/c1-4-13(5-2)16(9-10-17)15(18)12-7-6-8-14(11-12)19-3/h6-8,11,13,17H,4-5,9-10H2,1-3H3. The van der Waals surface area contributed by atoms with Crippen LogP contribution in [0.25, 0.3) is 0 Å². The summed E-state index contributed by atoms with van der Waals surface area (Å²) in [5.41, 5.74) is 0.597. The van der Waals surface area contributed by atoms with E-state index >= 15 is 0 Å². The van der Waals surface area contributed by atoms with Crippen molar-refractivity contribution in [1.82, 2.24) is 4.90 Å². The smallest absolute Gasteiger partial charge is 0.254 e. The highest BCUT2D eigenvalue weighted by atomic mass is 16.5. The van der Waals surface area contributed by atoms with Crippen molar-refractivity contribution in [2.24, 2.45) is 0 Å². The van der Waals surface area contributed by atoms with Crippen molar-refractivity contribution in [2.45, 2.75) is 32.7 Å². The van der Waals surface area contributed by atoms with Gasteiger partial charge in [0.05, 0.1) is 13.7 Å². The van der Waals surface area contributed by atoms with Crippen LogP contribution in [0.5, 0.6) is 5.75 Å². The predicted molar refractivity (Wildman–Crippen MR) is 75.5 cm³/mol. The number of aliphatic hydroxyl groups excluding tert-OH is 1. The van der Waals surface area contributed by atoms with Crippen LogP contribution in [0.1, 0.15) is 37.0 Å². The Labute approximate surface area is 115 Å². The van der Waals surface area contributed by atoms with Crippen LogP contribution < -0.4 is 4.74 Å². The third-order valence-electron chi connectivity index (χ3n) is 3.30. The third-order valence-corrected chi connectivity index (χ3v) is 3.30. The van der Waals surface area contributed by atoms with Crippen LogP contribution in [-0.4, -0.2) is 42.2 Å². The van der Waals surface area contributed by atoms with Crippen LogP contribution in [0.2, 0.25) is 0 Å². The number of amides is 1. The predicted octanol–water partition coefficient (Wildman–Crippen LogP) is 2.32. The zero-order chi connectivity index (χ0) is 14.3. The molecule has 1 amide bonds. The Bertz CT molecular complexity index is 402. The van der Waals surface area contributed by atoms with Crippen molar-refractivity contribution in [2.75, 3.05) is 20.3 Å². The lowest BCUT2D eigenvalue weighted by Gasteiger charge is -2.30. The molecule has 0 aliphatic rings. The molecule has 4 nitrogen and oxygen atoms in total. The van der Waals surface area contributed by atoms with Gasteiger partial charge in [-0.15, -0.1) is 0 Å². The number of hydrogen-bond acceptors (Lipinski definition) is 3. The second-order valence-corrected chi connectivity index (χ2v) is 4.42. The quantitative estimate of drug-likeness (QED) is 0.823. The van der Waals surface area contributed by atoms with E-state index in [2.05, 4.69) is 13.8 Å². The van der Waals surface area contributed by atoms with E-state index in [0.29, 0.717) is 17.9 Å². The van der Waals surface area contributed by atoms with Gasteiger partial charge in [-0.25, -0.2) is 0 Å².